The van der Waals surface area contributed by atoms with Crippen LogP contribution in [0.4, 0.5) is 0 Å². The molecule has 8 nitrogen and oxygen atoms in total. The highest BCUT2D eigenvalue weighted by atomic mass is 16.5. The van der Waals surface area contributed by atoms with Gasteiger partial charge in [0.05, 0.1) is 11.8 Å². The van der Waals surface area contributed by atoms with Crippen LogP contribution in [0.5, 0.6) is 11.5 Å². The SMILES string of the molecule is N#CCOc1ccc(-c2nc3ncncc3[nH]2)c(OCC#N)c1. The Hall–Kier alpha value is -3.65. The average molecular weight is 306 g/mol. The van der Waals surface area contributed by atoms with Crippen molar-refractivity contribution >= 4 is 11.2 Å². The zero-order valence-electron chi connectivity index (χ0n) is 11.9. The fourth-order valence-electron chi connectivity index (χ4n) is 2.02. The molecule has 112 valence electrons. The second kappa shape index (κ2) is 6.41. The summed E-state index contributed by atoms with van der Waals surface area (Å²) < 4.78 is 10.7. The number of nitrogens with zero attached hydrogens (tertiary/aromatic N) is 5. The summed E-state index contributed by atoms with van der Waals surface area (Å²) in [6, 6.07) is 8.86. The quantitative estimate of drug-likeness (QED) is 0.763. The Kier molecular flexibility index (Phi) is 3.99. The van der Waals surface area contributed by atoms with Gasteiger partial charge in [0, 0.05) is 6.07 Å². The first-order chi connectivity index (χ1) is 11.3. The highest BCUT2D eigenvalue weighted by Crippen LogP contribution is 2.32. The second-order valence-electron chi connectivity index (χ2n) is 4.40. The lowest BCUT2D eigenvalue weighted by molar-refractivity contribution is 0.350. The molecule has 8 heteroatoms. The lowest BCUT2D eigenvalue weighted by Crippen LogP contribution is -1.99. The summed E-state index contributed by atoms with van der Waals surface area (Å²) in [4.78, 5) is 15.5. The highest BCUT2D eigenvalue weighted by molar-refractivity contribution is 5.77. The molecular formula is C15H10N6O2. The van der Waals surface area contributed by atoms with E-state index in [1.807, 2.05) is 12.1 Å². The number of H-pyrrole nitrogens is 1. The largest absolute Gasteiger partial charge is 0.479 e. The Morgan fingerprint density at radius 3 is 2.74 bits per heavy atom. The topological polar surface area (TPSA) is 120 Å². The van der Waals surface area contributed by atoms with E-state index in [0.717, 1.165) is 0 Å². The number of benzene rings is 1. The summed E-state index contributed by atoms with van der Waals surface area (Å²) in [6.45, 7) is -0.188. The minimum Gasteiger partial charge on any atom is -0.479 e. The monoisotopic (exact) mass is 306 g/mol. The molecule has 0 aliphatic carbocycles. The van der Waals surface area contributed by atoms with Crippen LogP contribution in [0.15, 0.2) is 30.7 Å². The molecule has 0 spiro atoms. The van der Waals surface area contributed by atoms with Gasteiger partial charge in [-0.3, -0.25) is 0 Å². The van der Waals surface area contributed by atoms with Gasteiger partial charge in [0.25, 0.3) is 0 Å². The van der Waals surface area contributed by atoms with Gasteiger partial charge in [0.2, 0.25) is 0 Å². The Morgan fingerprint density at radius 2 is 1.96 bits per heavy atom. The van der Waals surface area contributed by atoms with Crippen molar-refractivity contribution < 1.29 is 9.47 Å². The number of aromatic amines is 1. The fraction of sp³-hybridized carbons (Fsp3) is 0.133. The van der Waals surface area contributed by atoms with E-state index in [-0.39, 0.29) is 13.2 Å². The third kappa shape index (κ3) is 3.01. The van der Waals surface area contributed by atoms with E-state index >= 15 is 0 Å². The first-order valence-electron chi connectivity index (χ1n) is 6.61. The molecule has 3 rings (SSSR count). The van der Waals surface area contributed by atoms with E-state index in [0.29, 0.717) is 34.1 Å². The molecule has 23 heavy (non-hydrogen) atoms. The van der Waals surface area contributed by atoms with Gasteiger partial charge in [-0.05, 0) is 12.1 Å². The molecule has 2 heterocycles. The van der Waals surface area contributed by atoms with Crippen molar-refractivity contribution in [3.8, 4) is 35.0 Å². The number of nitriles is 2. The molecule has 0 unspecified atom stereocenters. The Labute approximate surface area is 131 Å². The van der Waals surface area contributed by atoms with Crippen LogP contribution in [0.1, 0.15) is 0 Å². The second-order valence-corrected chi connectivity index (χ2v) is 4.40. The average Bonchev–Trinajstić information content (AvgIpc) is 3.02. The highest BCUT2D eigenvalue weighted by Gasteiger charge is 2.13. The van der Waals surface area contributed by atoms with Crippen LogP contribution in [-0.4, -0.2) is 33.1 Å². The van der Waals surface area contributed by atoms with Gasteiger partial charge < -0.3 is 14.5 Å². The lowest BCUT2D eigenvalue weighted by Gasteiger charge is -2.09. The Morgan fingerprint density at radius 1 is 1.13 bits per heavy atom. The zero-order chi connectivity index (χ0) is 16.1. The van der Waals surface area contributed by atoms with Crippen molar-refractivity contribution in [1.29, 1.82) is 10.5 Å². The van der Waals surface area contributed by atoms with Gasteiger partial charge >= 0.3 is 0 Å². The van der Waals surface area contributed by atoms with Gasteiger partial charge in [-0.25, -0.2) is 15.0 Å². The van der Waals surface area contributed by atoms with E-state index in [1.165, 1.54) is 6.33 Å². The van der Waals surface area contributed by atoms with Crippen LogP contribution in [0, 0.1) is 22.7 Å². The van der Waals surface area contributed by atoms with E-state index in [9.17, 15) is 0 Å². The molecule has 0 aliphatic rings. The minimum atomic E-state index is -0.116. The van der Waals surface area contributed by atoms with Crippen molar-refractivity contribution in [2.45, 2.75) is 0 Å². The summed E-state index contributed by atoms with van der Waals surface area (Å²) >= 11 is 0. The van der Waals surface area contributed by atoms with Crippen molar-refractivity contribution in [1.82, 2.24) is 19.9 Å². The number of aromatic nitrogens is 4. The summed E-state index contributed by atoms with van der Waals surface area (Å²) in [5.74, 6) is 1.44. The summed E-state index contributed by atoms with van der Waals surface area (Å²) in [5.41, 5.74) is 1.88. The first-order valence-corrected chi connectivity index (χ1v) is 6.61. The molecule has 1 N–H and O–H groups in total. The standard InChI is InChI=1S/C15H10N6O2/c16-3-5-22-10-1-2-11(13(7-10)23-6-4-17)14-20-12-8-18-9-19-15(12)21-14/h1-2,7-9H,5-6H2,(H,18,19,20,21). The molecular weight excluding hydrogens is 296 g/mol. The predicted molar refractivity (Wildman–Crippen MR) is 79.3 cm³/mol. The molecule has 0 aliphatic heterocycles. The summed E-state index contributed by atoms with van der Waals surface area (Å²) in [6.07, 6.45) is 3.04. The molecule has 3 aromatic rings. The van der Waals surface area contributed by atoms with Crippen molar-refractivity contribution in [2.75, 3.05) is 13.2 Å². The van der Waals surface area contributed by atoms with Gasteiger partial charge in [-0.1, -0.05) is 0 Å². The fourth-order valence-corrected chi connectivity index (χ4v) is 2.02. The normalized spacial score (nSPS) is 10.0. The number of ether oxygens (including phenoxy) is 2. The van der Waals surface area contributed by atoms with Crippen LogP contribution in [0.2, 0.25) is 0 Å². The lowest BCUT2D eigenvalue weighted by atomic mass is 10.2. The van der Waals surface area contributed by atoms with Gasteiger partial charge in [0.15, 0.2) is 18.9 Å². The van der Waals surface area contributed by atoms with Crippen LogP contribution in [0.25, 0.3) is 22.6 Å². The van der Waals surface area contributed by atoms with Crippen molar-refractivity contribution in [3.63, 3.8) is 0 Å². The molecule has 0 amide bonds. The van der Waals surface area contributed by atoms with Gasteiger partial charge in [-0.15, -0.1) is 0 Å². The maximum atomic E-state index is 8.72. The van der Waals surface area contributed by atoms with Crippen molar-refractivity contribution in [3.05, 3.63) is 30.7 Å². The maximum absolute atomic E-state index is 8.72. The molecule has 0 radical (unpaired) electrons. The number of fused-ring (bicyclic) bond motifs is 1. The number of hydrogen-bond donors (Lipinski definition) is 1. The van der Waals surface area contributed by atoms with E-state index in [1.54, 1.807) is 24.4 Å². The number of nitrogens with one attached hydrogen (secondary N) is 1. The third-order valence-electron chi connectivity index (χ3n) is 2.97. The Balaban J connectivity index is 2.02. The maximum Gasteiger partial charge on any atom is 0.181 e. The van der Waals surface area contributed by atoms with Crippen LogP contribution >= 0.6 is 0 Å². The Bertz CT molecular complexity index is 889. The minimum absolute atomic E-state index is 0.0722. The van der Waals surface area contributed by atoms with E-state index < -0.39 is 0 Å². The predicted octanol–water partition coefficient (Wildman–Crippen LogP) is 1.82. The van der Waals surface area contributed by atoms with Gasteiger partial charge in [0.1, 0.15) is 41.3 Å². The third-order valence-corrected chi connectivity index (χ3v) is 2.97. The van der Waals surface area contributed by atoms with Gasteiger partial charge in [-0.2, -0.15) is 10.5 Å². The molecule has 2 aromatic heterocycles. The molecule has 0 atom stereocenters. The molecule has 1 aromatic carbocycles. The van der Waals surface area contributed by atoms with Crippen LogP contribution in [-0.2, 0) is 0 Å². The van der Waals surface area contributed by atoms with Crippen LogP contribution in [0.3, 0.4) is 0 Å². The summed E-state index contributed by atoms with van der Waals surface area (Å²) in [7, 11) is 0. The first kappa shape index (κ1) is 14.3. The zero-order valence-corrected chi connectivity index (χ0v) is 11.9. The smallest absolute Gasteiger partial charge is 0.181 e. The van der Waals surface area contributed by atoms with E-state index in [2.05, 4.69) is 19.9 Å². The molecule has 0 bridgehead atoms. The summed E-state index contributed by atoms with van der Waals surface area (Å²) in [5, 5.41) is 17.3. The van der Waals surface area contributed by atoms with E-state index in [4.69, 9.17) is 20.0 Å². The molecule has 0 fully saturated rings. The molecule has 0 saturated heterocycles. The number of rotatable bonds is 5. The number of imidazole rings is 1. The van der Waals surface area contributed by atoms with Crippen LogP contribution < -0.4 is 9.47 Å². The van der Waals surface area contributed by atoms with Crippen molar-refractivity contribution in [2.24, 2.45) is 0 Å². The molecule has 0 saturated carbocycles. The number of hydrogen-bond acceptors (Lipinski definition) is 7.